The predicted molar refractivity (Wildman–Crippen MR) is 55.9 cm³/mol. The molecule has 0 spiro atoms. The first-order chi connectivity index (χ1) is 6.85. The predicted octanol–water partition coefficient (Wildman–Crippen LogP) is 2.98. The summed E-state index contributed by atoms with van der Waals surface area (Å²) in [6.45, 7) is 4.91. The minimum absolute atomic E-state index is 0.256. The lowest BCUT2D eigenvalue weighted by atomic mass is 9.84. The summed E-state index contributed by atoms with van der Waals surface area (Å²) in [4.78, 5) is 10.5. The zero-order valence-electron chi connectivity index (χ0n) is 9.03. The highest BCUT2D eigenvalue weighted by molar-refractivity contribution is 5.22. The third-order valence-corrected chi connectivity index (χ3v) is 2.90. The number of hydrogen-bond donors (Lipinski definition) is 0. The van der Waals surface area contributed by atoms with Crippen LogP contribution in [0.2, 0.25) is 0 Å². The number of hydrogen-bond acceptors (Lipinski definition) is 2. The number of rotatable bonds is 3. The van der Waals surface area contributed by atoms with Crippen LogP contribution in [0.5, 0.6) is 0 Å². The van der Waals surface area contributed by atoms with Gasteiger partial charge in [-0.15, -0.1) is 0 Å². The second-order valence-electron chi connectivity index (χ2n) is 4.18. The minimum Gasteiger partial charge on any atom is -0.264 e. The molecule has 15 heavy (non-hydrogen) atoms. The molecule has 1 aromatic carbocycles. The van der Waals surface area contributed by atoms with Gasteiger partial charge in [-0.2, -0.15) is 0 Å². The lowest BCUT2D eigenvalue weighted by Gasteiger charge is -2.23. The van der Waals surface area contributed by atoms with Gasteiger partial charge >= 0.3 is 0 Å². The Balaban J connectivity index is 2.99. The van der Waals surface area contributed by atoms with Gasteiger partial charge in [0, 0.05) is 18.8 Å². The molecule has 0 aromatic heterocycles. The largest absolute Gasteiger partial charge is 0.264 e. The molecule has 1 aromatic rings. The second kappa shape index (κ2) is 3.96. The van der Waals surface area contributed by atoms with Crippen molar-refractivity contribution in [2.75, 3.05) is 0 Å². The van der Waals surface area contributed by atoms with Gasteiger partial charge in [-0.3, -0.25) is 10.1 Å². The molecule has 1 rings (SSSR count). The van der Waals surface area contributed by atoms with Gasteiger partial charge in [0.1, 0.15) is 5.82 Å². The Morgan fingerprint density at radius 1 is 1.33 bits per heavy atom. The quantitative estimate of drug-likeness (QED) is 0.569. The molecule has 1 unspecified atom stereocenters. The smallest absolute Gasteiger partial charge is 0.223 e. The van der Waals surface area contributed by atoms with Crippen LogP contribution in [0.4, 0.5) is 4.39 Å². The van der Waals surface area contributed by atoms with Crippen molar-refractivity contribution in [2.24, 2.45) is 0 Å². The molecule has 0 aliphatic heterocycles. The molecule has 0 N–H and O–H groups in total. The average Bonchev–Trinajstić information content (AvgIpc) is 2.17. The van der Waals surface area contributed by atoms with Crippen molar-refractivity contribution in [3.05, 3.63) is 45.8 Å². The summed E-state index contributed by atoms with van der Waals surface area (Å²) >= 11 is 0. The van der Waals surface area contributed by atoms with Gasteiger partial charge in [0.15, 0.2) is 0 Å². The van der Waals surface area contributed by atoms with E-state index >= 15 is 0 Å². The van der Waals surface area contributed by atoms with Crippen molar-refractivity contribution in [1.29, 1.82) is 0 Å². The van der Waals surface area contributed by atoms with E-state index in [1.54, 1.807) is 32.9 Å². The summed E-state index contributed by atoms with van der Waals surface area (Å²) < 4.78 is 12.7. The topological polar surface area (TPSA) is 43.1 Å². The fourth-order valence-corrected chi connectivity index (χ4v) is 1.32. The first kappa shape index (κ1) is 11.6. The van der Waals surface area contributed by atoms with E-state index in [-0.39, 0.29) is 16.7 Å². The molecule has 0 aliphatic carbocycles. The molecule has 0 fully saturated rings. The van der Waals surface area contributed by atoms with Crippen molar-refractivity contribution in [2.45, 2.75) is 32.2 Å². The molecule has 0 aliphatic rings. The second-order valence-corrected chi connectivity index (χ2v) is 4.18. The lowest BCUT2D eigenvalue weighted by molar-refractivity contribution is -0.564. The Hall–Kier alpha value is -1.45. The van der Waals surface area contributed by atoms with E-state index in [2.05, 4.69) is 0 Å². The molecule has 82 valence electrons. The Morgan fingerprint density at radius 2 is 1.80 bits per heavy atom. The van der Waals surface area contributed by atoms with Gasteiger partial charge in [0.05, 0.1) is 5.92 Å². The van der Waals surface area contributed by atoms with Crippen LogP contribution in [-0.4, -0.2) is 10.5 Å². The molecule has 0 saturated carbocycles. The van der Waals surface area contributed by atoms with Gasteiger partial charge < -0.3 is 0 Å². The van der Waals surface area contributed by atoms with Crippen LogP contribution < -0.4 is 0 Å². The fraction of sp³-hybridized carbons (Fsp3) is 0.455. The van der Waals surface area contributed by atoms with E-state index in [4.69, 9.17) is 0 Å². The molecule has 3 nitrogen and oxygen atoms in total. The molecular formula is C11H14FNO2. The summed E-state index contributed by atoms with van der Waals surface area (Å²) in [5.41, 5.74) is -0.268. The maximum absolute atomic E-state index is 12.7. The summed E-state index contributed by atoms with van der Waals surface area (Å²) in [5.74, 6) is -0.585. The summed E-state index contributed by atoms with van der Waals surface area (Å²) in [6, 6.07) is 5.82. The Labute approximate surface area is 88.1 Å². The van der Waals surface area contributed by atoms with E-state index in [1.165, 1.54) is 12.1 Å². The van der Waals surface area contributed by atoms with Crippen LogP contribution in [0.15, 0.2) is 24.3 Å². The van der Waals surface area contributed by atoms with Gasteiger partial charge in [-0.1, -0.05) is 19.1 Å². The summed E-state index contributed by atoms with van der Waals surface area (Å²) in [6.07, 6.45) is 0. The van der Waals surface area contributed by atoms with Gasteiger partial charge in [-0.05, 0) is 17.7 Å². The van der Waals surface area contributed by atoms with Gasteiger partial charge in [-0.25, -0.2) is 4.39 Å². The van der Waals surface area contributed by atoms with Gasteiger partial charge in [0.2, 0.25) is 5.54 Å². The van der Waals surface area contributed by atoms with E-state index in [0.29, 0.717) is 0 Å². The van der Waals surface area contributed by atoms with Crippen LogP contribution in [0.1, 0.15) is 32.3 Å². The molecule has 1 atom stereocenters. The summed E-state index contributed by atoms with van der Waals surface area (Å²) in [7, 11) is 0. The molecular weight excluding hydrogens is 197 g/mol. The number of halogens is 1. The lowest BCUT2D eigenvalue weighted by Crippen LogP contribution is -2.36. The Bertz CT molecular complexity index is 359. The first-order valence-electron chi connectivity index (χ1n) is 4.75. The fourth-order valence-electron chi connectivity index (χ4n) is 1.32. The van der Waals surface area contributed by atoms with Crippen LogP contribution in [-0.2, 0) is 0 Å². The maximum atomic E-state index is 12.7. The molecule has 0 bridgehead atoms. The summed E-state index contributed by atoms with van der Waals surface area (Å²) in [5, 5.41) is 10.8. The standard InChI is InChI=1S/C11H14FNO2/c1-8(11(2,3)13(14)15)9-4-6-10(12)7-5-9/h4-8H,1-3H3. The molecule has 4 heteroatoms. The van der Waals surface area contributed by atoms with Crippen LogP contribution in [0, 0.1) is 15.9 Å². The van der Waals surface area contributed by atoms with Crippen molar-refractivity contribution in [1.82, 2.24) is 0 Å². The zero-order valence-corrected chi connectivity index (χ0v) is 9.03. The van der Waals surface area contributed by atoms with Crippen molar-refractivity contribution < 1.29 is 9.31 Å². The first-order valence-corrected chi connectivity index (χ1v) is 4.75. The van der Waals surface area contributed by atoms with Crippen molar-refractivity contribution in [3.63, 3.8) is 0 Å². The third-order valence-electron chi connectivity index (χ3n) is 2.90. The van der Waals surface area contributed by atoms with Crippen molar-refractivity contribution >= 4 is 0 Å². The van der Waals surface area contributed by atoms with Crippen LogP contribution in [0.3, 0.4) is 0 Å². The zero-order chi connectivity index (χ0) is 11.6. The van der Waals surface area contributed by atoms with E-state index in [1.807, 2.05) is 0 Å². The Kier molecular flexibility index (Phi) is 3.07. The number of benzene rings is 1. The van der Waals surface area contributed by atoms with E-state index in [9.17, 15) is 14.5 Å². The molecule has 0 saturated heterocycles. The third kappa shape index (κ3) is 2.32. The van der Waals surface area contributed by atoms with E-state index < -0.39 is 5.54 Å². The highest BCUT2D eigenvalue weighted by Gasteiger charge is 2.38. The molecule has 0 heterocycles. The highest BCUT2D eigenvalue weighted by atomic mass is 19.1. The minimum atomic E-state index is -1.04. The normalized spacial score (nSPS) is 13.6. The molecule has 0 amide bonds. The molecule has 0 radical (unpaired) electrons. The monoisotopic (exact) mass is 211 g/mol. The number of nitro groups is 1. The van der Waals surface area contributed by atoms with Gasteiger partial charge in [0.25, 0.3) is 0 Å². The highest BCUT2D eigenvalue weighted by Crippen LogP contribution is 2.29. The van der Waals surface area contributed by atoms with E-state index in [0.717, 1.165) is 5.56 Å². The number of nitrogens with zero attached hydrogens (tertiary/aromatic N) is 1. The maximum Gasteiger partial charge on any atom is 0.223 e. The average molecular weight is 211 g/mol. The SMILES string of the molecule is CC(c1ccc(F)cc1)C(C)(C)[N+](=O)[O-]. The Morgan fingerprint density at radius 3 is 2.20 bits per heavy atom. The van der Waals surface area contributed by atoms with Crippen molar-refractivity contribution in [3.8, 4) is 0 Å². The van der Waals surface area contributed by atoms with Crippen LogP contribution >= 0.6 is 0 Å². The van der Waals surface area contributed by atoms with Crippen LogP contribution in [0.25, 0.3) is 0 Å².